The minimum Gasteiger partial charge on any atom is -0.463 e. The Hall–Kier alpha value is -1.63. The number of unbranched alkanes of at least 4 members (excludes halogenated alkanes) is 22. The van der Waals surface area contributed by atoms with Gasteiger partial charge in [-0.25, -0.2) is 0 Å². The highest BCUT2D eigenvalue weighted by Crippen LogP contribution is 2.14. The van der Waals surface area contributed by atoms with Crippen LogP contribution in [0.5, 0.6) is 0 Å². The molecular weight excluding hydrogens is 544 g/mol. The maximum absolute atomic E-state index is 12.2. The summed E-state index contributed by atoms with van der Waals surface area (Å²) in [6.07, 6.45) is 29.8. The van der Waals surface area contributed by atoms with Crippen molar-refractivity contribution in [3.05, 3.63) is 0 Å². The summed E-state index contributed by atoms with van der Waals surface area (Å²) in [7, 11) is 0. The number of hydrogen-bond donors (Lipinski definition) is 0. The zero-order valence-electron chi connectivity index (χ0n) is 28.4. The second-order valence-corrected chi connectivity index (χ2v) is 12.2. The van der Waals surface area contributed by atoms with Gasteiger partial charge in [-0.2, -0.15) is 0 Å². The van der Waals surface area contributed by atoms with Crippen LogP contribution in [0.15, 0.2) is 0 Å². The number of esters is 3. The van der Waals surface area contributed by atoms with Crippen LogP contribution in [0.3, 0.4) is 0 Å². The highest BCUT2D eigenvalue weighted by molar-refractivity contribution is 5.69. The Morgan fingerprint density at radius 3 is 1.05 bits per heavy atom. The Kier molecular flexibility index (Phi) is 32.0. The summed E-state index contributed by atoms with van der Waals surface area (Å²) in [5, 5.41) is 0. The summed E-state index contributed by atoms with van der Waals surface area (Å²) in [4.78, 5) is 35.5. The van der Waals surface area contributed by atoms with Crippen molar-refractivity contribution in [1.82, 2.24) is 0 Å². The number of carbonyl (C=O) groups excluding carboxylic acids is 3. The standard InChI is InChI=1S/C36H68O7/c1-4-6-8-10-12-14-16-18-20-22-24-26-28-35(38)40-30-34(43-32-42-33(3)37)31-41-36(39)29-27-25-23-21-19-17-15-13-11-9-7-5-2/h34H,4-32H2,1-3H3. The van der Waals surface area contributed by atoms with Crippen LogP contribution in [-0.2, 0) is 33.3 Å². The maximum Gasteiger partial charge on any atom is 0.305 e. The molecule has 0 unspecified atom stereocenters. The molecule has 254 valence electrons. The zero-order chi connectivity index (χ0) is 31.6. The molecule has 0 spiro atoms. The fourth-order valence-electron chi connectivity index (χ4n) is 5.09. The molecule has 7 heteroatoms. The summed E-state index contributed by atoms with van der Waals surface area (Å²) in [6, 6.07) is 0. The topological polar surface area (TPSA) is 88.1 Å². The van der Waals surface area contributed by atoms with Gasteiger partial charge in [0.15, 0.2) is 6.79 Å². The van der Waals surface area contributed by atoms with Gasteiger partial charge < -0.3 is 18.9 Å². The minimum atomic E-state index is -0.670. The van der Waals surface area contributed by atoms with Crippen LogP contribution in [0.4, 0.5) is 0 Å². The SMILES string of the molecule is CCCCCCCCCCCCCCC(=O)OCC(COC(=O)CCCCCCCCCCCCCC)OCOC(C)=O. The van der Waals surface area contributed by atoms with Crippen molar-refractivity contribution in [1.29, 1.82) is 0 Å². The summed E-state index contributed by atoms with van der Waals surface area (Å²) < 4.78 is 21.1. The molecule has 7 nitrogen and oxygen atoms in total. The van der Waals surface area contributed by atoms with Gasteiger partial charge in [-0.1, -0.05) is 155 Å². The molecule has 0 bridgehead atoms. The van der Waals surface area contributed by atoms with Crippen molar-refractivity contribution < 1.29 is 33.3 Å². The molecule has 0 aromatic carbocycles. The lowest BCUT2D eigenvalue weighted by Crippen LogP contribution is -2.29. The largest absolute Gasteiger partial charge is 0.463 e. The van der Waals surface area contributed by atoms with Crippen molar-refractivity contribution in [2.24, 2.45) is 0 Å². The van der Waals surface area contributed by atoms with Gasteiger partial charge in [0.2, 0.25) is 0 Å². The molecule has 0 fully saturated rings. The third-order valence-electron chi connectivity index (χ3n) is 7.90. The van der Waals surface area contributed by atoms with E-state index in [1.807, 2.05) is 0 Å². The first-order chi connectivity index (χ1) is 21.0. The molecule has 0 aromatic rings. The van der Waals surface area contributed by atoms with E-state index in [0.29, 0.717) is 12.8 Å². The first kappa shape index (κ1) is 41.4. The van der Waals surface area contributed by atoms with E-state index in [-0.39, 0.29) is 31.9 Å². The lowest BCUT2D eigenvalue weighted by Gasteiger charge is -2.18. The van der Waals surface area contributed by atoms with Gasteiger partial charge in [-0.3, -0.25) is 14.4 Å². The molecular formula is C36H68O7. The Morgan fingerprint density at radius 2 is 0.744 bits per heavy atom. The van der Waals surface area contributed by atoms with Crippen molar-refractivity contribution in [3.63, 3.8) is 0 Å². The van der Waals surface area contributed by atoms with Crippen molar-refractivity contribution in [2.75, 3.05) is 20.0 Å². The average molecular weight is 613 g/mol. The monoisotopic (exact) mass is 612 g/mol. The fourth-order valence-corrected chi connectivity index (χ4v) is 5.09. The smallest absolute Gasteiger partial charge is 0.305 e. The van der Waals surface area contributed by atoms with E-state index in [4.69, 9.17) is 18.9 Å². The second-order valence-electron chi connectivity index (χ2n) is 12.2. The lowest BCUT2D eigenvalue weighted by molar-refractivity contribution is -0.174. The minimum absolute atomic E-state index is 0.0375. The van der Waals surface area contributed by atoms with Crippen LogP contribution in [0, 0.1) is 0 Å². The van der Waals surface area contributed by atoms with Crippen LogP contribution < -0.4 is 0 Å². The van der Waals surface area contributed by atoms with Crippen LogP contribution in [0.1, 0.15) is 188 Å². The van der Waals surface area contributed by atoms with Crippen molar-refractivity contribution in [3.8, 4) is 0 Å². The summed E-state index contributed by atoms with van der Waals surface area (Å²) >= 11 is 0. The van der Waals surface area contributed by atoms with Crippen LogP contribution in [-0.4, -0.2) is 44.0 Å². The van der Waals surface area contributed by atoms with E-state index >= 15 is 0 Å². The predicted molar refractivity (Wildman–Crippen MR) is 175 cm³/mol. The number of rotatable bonds is 33. The Labute approximate surface area is 264 Å². The van der Waals surface area contributed by atoms with Crippen LogP contribution >= 0.6 is 0 Å². The summed E-state index contributed by atoms with van der Waals surface area (Å²) in [5.41, 5.74) is 0. The first-order valence-electron chi connectivity index (χ1n) is 18.1. The van der Waals surface area contributed by atoms with E-state index < -0.39 is 12.1 Å². The molecule has 0 N–H and O–H groups in total. The molecule has 0 aliphatic heterocycles. The molecule has 0 aromatic heterocycles. The Bertz CT molecular complexity index is 593. The van der Waals surface area contributed by atoms with Crippen LogP contribution in [0.25, 0.3) is 0 Å². The fraction of sp³-hybridized carbons (Fsp3) is 0.917. The molecule has 0 saturated heterocycles. The Balaban J connectivity index is 3.92. The van der Waals surface area contributed by atoms with Gasteiger partial charge in [0, 0.05) is 19.8 Å². The Morgan fingerprint density at radius 1 is 0.442 bits per heavy atom. The molecule has 0 aliphatic carbocycles. The molecule has 0 aliphatic rings. The van der Waals surface area contributed by atoms with Crippen molar-refractivity contribution in [2.45, 2.75) is 194 Å². The molecule has 0 rings (SSSR count). The molecule has 0 radical (unpaired) electrons. The summed E-state index contributed by atoms with van der Waals surface area (Å²) in [6.45, 7) is 5.45. The van der Waals surface area contributed by atoms with Gasteiger partial charge in [0.25, 0.3) is 0 Å². The molecule has 43 heavy (non-hydrogen) atoms. The number of carbonyl (C=O) groups is 3. The third-order valence-corrected chi connectivity index (χ3v) is 7.90. The van der Waals surface area contributed by atoms with E-state index in [1.165, 1.54) is 122 Å². The van der Waals surface area contributed by atoms with Gasteiger partial charge in [0.05, 0.1) is 0 Å². The second kappa shape index (κ2) is 33.3. The van der Waals surface area contributed by atoms with Gasteiger partial charge in [-0.05, 0) is 12.8 Å². The van der Waals surface area contributed by atoms with E-state index in [9.17, 15) is 14.4 Å². The predicted octanol–water partition coefficient (Wildman–Crippen LogP) is 10.2. The molecule has 0 atom stereocenters. The van der Waals surface area contributed by atoms with E-state index in [1.54, 1.807) is 0 Å². The number of hydrogen-bond acceptors (Lipinski definition) is 7. The van der Waals surface area contributed by atoms with Gasteiger partial charge in [-0.15, -0.1) is 0 Å². The highest BCUT2D eigenvalue weighted by Gasteiger charge is 2.16. The normalized spacial score (nSPS) is 11.2. The summed E-state index contributed by atoms with van der Waals surface area (Å²) in [5.74, 6) is -1.03. The highest BCUT2D eigenvalue weighted by atomic mass is 16.7. The third kappa shape index (κ3) is 33.1. The van der Waals surface area contributed by atoms with Crippen molar-refractivity contribution >= 4 is 17.9 Å². The molecule has 0 amide bonds. The molecule has 0 saturated carbocycles. The quantitative estimate of drug-likeness (QED) is 0.0315. The van der Waals surface area contributed by atoms with E-state index in [2.05, 4.69) is 13.8 Å². The van der Waals surface area contributed by atoms with Gasteiger partial charge in [0.1, 0.15) is 19.3 Å². The lowest BCUT2D eigenvalue weighted by atomic mass is 10.0. The van der Waals surface area contributed by atoms with E-state index in [0.717, 1.165) is 38.5 Å². The van der Waals surface area contributed by atoms with Crippen LogP contribution in [0.2, 0.25) is 0 Å². The zero-order valence-corrected chi connectivity index (χ0v) is 28.4. The molecule has 0 heterocycles. The maximum atomic E-state index is 12.2. The number of ether oxygens (including phenoxy) is 4. The first-order valence-corrected chi connectivity index (χ1v) is 18.1. The van der Waals surface area contributed by atoms with Gasteiger partial charge >= 0.3 is 17.9 Å². The average Bonchev–Trinajstić information content (AvgIpc) is 2.99.